The number of ether oxygens (including phenoxy) is 2. The molecule has 2 fully saturated rings. The Bertz CT molecular complexity index is 589. The molecule has 1 heterocycles. The Morgan fingerprint density at radius 2 is 2.21 bits per heavy atom. The van der Waals surface area contributed by atoms with Crippen molar-refractivity contribution in [1.82, 2.24) is 4.90 Å². The summed E-state index contributed by atoms with van der Waals surface area (Å²) < 4.78 is 11.4. The van der Waals surface area contributed by atoms with Crippen molar-refractivity contribution < 1.29 is 19.4 Å². The van der Waals surface area contributed by atoms with Crippen molar-refractivity contribution in [2.45, 2.75) is 45.3 Å². The molecule has 1 saturated heterocycles. The van der Waals surface area contributed by atoms with Crippen LogP contribution in [0.1, 0.15) is 30.4 Å². The van der Waals surface area contributed by atoms with Crippen molar-refractivity contribution in [2.75, 3.05) is 26.4 Å². The lowest BCUT2D eigenvalue weighted by Gasteiger charge is -2.40. The lowest BCUT2D eigenvalue weighted by molar-refractivity contribution is -0.146. The number of carbonyl (C=O) groups excluding carboxylic acids is 1. The second kappa shape index (κ2) is 7.53. The number of carbonyl (C=O) groups is 1. The number of aliphatic hydroxyl groups excluding tert-OH is 1. The largest absolute Gasteiger partial charge is 0.483 e. The van der Waals surface area contributed by atoms with Crippen LogP contribution >= 0.6 is 0 Å². The number of hydrogen-bond acceptors (Lipinski definition) is 4. The average Bonchev–Trinajstić information content (AvgIpc) is 3.01. The highest BCUT2D eigenvalue weighted by Crippen LogP contribution is 2.32. The van der Waals surface area contributed by atoms with Crippen molar-refractivity contribution in [1.29, 1.82) is 0 Å². The second-order valence-corrected chi connectivity index (χ2v) is 6.95. The quantitative estimate of drug-likeness (QED) is 0.916. The fourth-order valence-corrected chi connectivity index (χ4v) is 3.79. The topological polar surface area (TPSA) is 59.0 Å². The Hall–Kier alpha value is -1.59. The number of hydrogen-bond donors (Lipinski definition) is 1. The molecule has 5 heteroatoms. The van der Waals surface area contributed by atoms with E-state index in [4.69, 9.17) is 9.47 Å². The first-order valence-corrected chi connectivity index (χ1v) is 8.81. The van der Waals surface area contributed by atoms with E-state index in [2.05, 4.69) is 0 Å². The molecule has 0 spiro atoms. The van der Waals surface area contributed by atoms with Gasteiger partial charge in [0, 0.05) is 12.5 Å². The minimum Gasteiger partial charge on any atom is -0.483 e. The summed E-state index contributed by atoms with van der Waals surface area (Å²) in [4.78, 5) is 14.6. The van der Waals surface area contributed by atoms with Gasteiger partial charge in [0.25, 0.3) is 5.91 Å². The summed E-state index contributed by atoms with van der Waals surface area (Å²) in [5.74, 6) is 0.854. The van der Waals surface area contributed by atoms with Crippen molar-refractivity contribution in [3.8, 4) is 5.75 Å². The highest BCUT2D eigenvalue weighted by Gasteiger charge is 2.39. The Balaban J connectivity index is 1.64. The van der Waals surface area contributed by atoms with Gasteiger partial charge in [0.15, 0.2) is 6.61 Å². The highest BCUT2D eigenvalue weighted by atomic mass is 16.5. The number of benzene rings is 1. The van der Waals surface area contributed by atoms with E-state index in [0.717, 1.165) is 36.1 Å². The molecule has 1 aromatic carbocycles. The maximum Gasteiger partial charge on any atom is 0.260 e. The van der Waals surface area contributed by atoms with Gasteiger partial charge in [-0.25, -0.2) is 0 Å². The Labute approximate surface area is 143 Å². The van der Waals surface area contributed by atoms with Gasteiger partial charge in [-0.3, -0.25) is 4.79 Å². The molecule has 5 nitrogen and oxygen atoms in total. The molecule has 2 aliphatic rings. The van der Waals surface area contributed by atoms with E-state index in [1.165, 1.54) is 0 Å². The maximum atomic E-state index is 12.7. The van der Waals surface area contributed by atoms with E-state index in [1.54, 1.807) is 0 Å². The number of rotatable bonds is 4. The van der Waals surface area contributed by atoms with Crippen LogP contribution in [-0.2, 0) is 9.53 Å². The molecule has 1 aliphatic heterocycles. The van der Waals surface area contributed by atoms with E-state index in [1.807, 2.05) is 36.9 Å². The summed E-state index contributed by atoms with van der Waals surface area (Å²) >= 11 is 0. The number of morpholine rings is 1. The smallest absolute Gasteiger partial charge is 0.260 e. The molecule has 1 N–H and O–H groups in total. The van der Waals surface area contributed by atoms with Crippen LogP contribution in [0, 0.1) is 19.8 Å². The van der Waals surface area contributed by atoms with Gasteiger partial charge in [0.1, 0.15) is 5.75 Å². The van der Waals surface area contributed by atoms with Gasteiger partial charge < -0.3 is 19.5 Å². The Morgan fingerprint density at radius 3 is 2.96 bits per heavy atom. The molecule has 1 saturated carbocycles. The van der Waals surface area contributed by atoms with E-state index in [9.17, 15) is 9.90 Å². The third-order valence-corrected chi connectivity index (χ3v) is 5.21. The highest BCUT2D eigenvalue weighted by molar-refractivity contribution is 5.78. The molecule has 3 unspecified atom stereocenters. The van der Waals surface area contributed by atoms with Crippen LogP contribution in [0.3, 0.4) is 0 Å². The Kier molecular flexibility index (Phi) is 5.41. The number of aryl methyl sites for hydroxylation is 2. The zero-order valence-electron chi connectivity index (χ0n) is 14.5. The van der Waals surface area contributed by atoms with Crippen LogP contribution < -0.4 is 4.74 Å². The first kappa shape index (κ1) is 17.2. The van der Waals surface area contributed by atoms with Crippen molar-refractivity contribution in [2.24, 2.45) is 5.92 Å². The van der Waals surface area contributed by atoms with E-state index in [0.29, 0.717) is 19.8 Å². The van der Waals surface area contributed by atoms with Crippen LogP contribution in [0.4, 0.5) is 0 Å². The predicted molar refractivity (Wildman–Crippen MR) is 91.1 cm³/mol. The van der Waals surface area contributed by atoms with Gasteiger partial charge in [0.2, 0.25) is 0 Å². The van der Waals surface area contributed by atoms with E-state index >= 15 is 0 Å². The van der Waals surface area contributed by atoms with Crippen LogP contribution in [-0.4, -0.2) is 54.4 Å². The van der Waals surface area contributed by atoms with Crippen molar-refractivity contribution in [3.05, 3.63) is 29.3 Å². The summed E-state index contributed by atoms with van der Waals surface area (Å²) in [7, 11) is 0. The fourth-order valence-electron chi connectivity index (χ4n) is 3.79. The SMILES string of the molecule is Cc1ccc(C)c(OCC(=O)N2CCOCC2C2CCCC2O)c1. The molecule has 24 heavy (non-hydrogen) atoms. The minimum absolute atomic E-state index is 0.0247. The lowest BCUT2D eigenvalue weighted by Crippen LogP contribution is -2.54. The van der Waals surface area contributed by atoms with Gasteiger partial charge in [0.05, 0.1) is 25.4 Å². The molecule has 1 aliphatic carbocycles. The first-order valence-electron chi connectivity index (χ1n) is 8.81. The van der Waals surface area contributed by atoms with Crippen molar-refractivity contribution in [3.63, 3.8) is 0 Å². The van der Waals surface area contributed by atoms with Gasteiger partial charge >= 0.3 is 0 Å². The van der Waals surface area contributed by atoms with Crippen LogP contribution in [0.25, 0.3) is 0 Å². The zero-order valence-corrected chi connectivity index (χ0v) is 14.5. The molecule has 0 aromatic heterocycles. The van der Waals surface area contributed by atoms with E-state index < -0.39 is 0 Å². The molecule has 3 rings (SSSR count). The minimum atomic E-state index is -0.327. The van der Waals surface area contributed by atoms with Gasteiger partial charge in [-0.15, -0.1) is 0 Å². The number of aliphatic hydroxyl groups is 1. The van der Waals surface area contributed by atoms with Gasteiger partial charge in [-0.1, -0.05) is 18.6 Å². The standard InChI is InChI=1S/C19H27NO4/c1-13-6-7-14(2)18(10-13)24-12-19(22)20-8-9-23-11-16(20)15-4-3-5-17(15)21/h6-7,10,15-17,21H,3-5,8-9,11-12H2,1-2H3. The normalized spacial score (nSPS) is 27.3. The second-order valence-electron chi connectivity index (χ2n) is 6.95. The molecular weight excluding hydrogens is 306 g/mol. The zero-order chi connectivity index (χ0) is 17.1. The van der Waals surface area contributed by atoms with Crippen LogP contribution in [0.2, 0.25) is 0 Å². The van der Waals surface area contributed by atoms with Crippen LogP contribution in [0.15, 0.2) is 18.2 Å². The molecule has 1 amide bonds. The first-order chi connectivity index (χ1) is 11.6. The van der Waals surface area contributed by atoms with Gasteiger partial charge in [-0.05, 0) is 43.9 Å². The molecule has 0 radical (unpaired) electrons. The summed E-state index contributed by atoms with van der Waals surface area (Å²) in [6.45, 7) is 5.65. The number of nitrogens with zero attached hydrogens (tertiary/aromatic N) is 1. The van der Waals surface area contributed by atoms with E-state index in [-0.39, 0.29) is 30.6 Å². The maximum absolute atomic E-state index is 12.7. The third-order valence-electron chi connectivity index (χ3n) is 5.21. The molecule has 132 valence electrons. The molecular formula is C19H27NO4. The van der Waals surface area contributed by atoms with Crippen molar-refractivity contribution >= 4 is 5.91 Å². The summed E-state index contributed by atoms with van der Waals surface area (Å²) in [5.41, 5.74) is 2.14. The summed E-state index contributed by atoms with van der Waals surface area (Å²) in [5, 5.41) is 10.2. The van der Waals surface area contributed by atoms with Gasteiger partial charge in [-0.2, -0.15) is 0 Å². The summed E-state index contributed by atoms with van der Waals surface area (Å²) in [6, 6.07) is 5.96. The summed E-state index contributed by atoms with van der Waals surface area (Å²) in [6.07, 6.45) is 2.47. The molecule has 0 bridgehead atoms. The monoisotopic (exact) mass is 333 g/mol. The lowest BCUT2D eigenvalue weighted by atomic mass is 9.94. The molecule has 1 aromatic rings. The average molecular weight is 333 g/mol. The molecule has 3 atom stereocenters. The fraction of sp³-hybridized carbons (Fsp3) is 0.632. The Morgan fingerprint density at radius 1 is 1.38 bits per heavy atom. The third kappa shape index (κ3) is 3.73. The number of amides is 1. The van der Waals surface area contributed by atoms with Crippen LogP contribution in [0.5, 0.6) is 5.75 Å². The predicted octanol–water partition coefficient (Wildman–Crippen LogP) is 2.07.